The van der Waals surface area contributed by atoms with E-state index in [1.807, 2.05) is 24.3 Å². The molecular weight excluding hydrogens is 368 g/mol. The molecule has 0 saturated carbocycles. The number of halogens is 2. The highest BCUT2D eigenvalue weighted by atomic mass is 79.9. The van der Waals surface area contributed by atoms with Gasteiger partial charge in [-0.2, -0.15) is 5.10 Å². The van der Waals surface area contributed by atoms with Crippen LogP contribution in [0.25, 0.3) is 16.9 Å². The fourth-order valence-corrected chi connectivity index (χ4v) is 2.46. The summed E-state index contributed by atoms with van der Waals surface area (Å²) in [6.07, 6.45) is 0. The molecule has 0 bridgehead atoms. The molecule has 4 nitrogen and oxygen atoms in total. The number of aromatic carboxylic acids is 1. The second-order valence-electron chi connectivity index (χ2n) is 4.62. The largest absolute Gasteiger partial charge is 0.477 e. The third-order valence-corrected chi connectivity index (χ3v) is 3.92. The molecule has 0 unspecified atom stereocenters. The van der Waals surface area contributed by atoms with Crippen LogP contribution in [0.15, 0.2) is 59.1 Å². The van der Waals surface area contributed by atoms with Gasteiger partial charge in [0.25, 0.3) is 0 Å². The molecule has 0 saturated heterocycles. The Morgan fingerprint density at radius 2 is 1.73 bits per heavy atom. The van der Waals surface area contributed by atoms with Gasteiger partial charge >= 0.3 is 5.97 Å². The first-order valence-electron chi connectivity index (χ1n) is 6.40. The van der Waals surface area contributed by atoms with Gasteiger partial charge in [-0.25, -0.2) is 9.48 Å². The summed E-state index contributed by atoms with van der Waals surface area (Å²) in [5, 5.41) is 14.4. The van der Waals surface area contributed by atoms with E-state index in [4.69, 9.17) is 11.6 Å². The first-order chi connectivity index (χ1) is 10.5. The number of hydrogen-bond acceptors (Lipinski definition) is 2. The minimum absolute atomic E-state index is 0.104. The summed E-state index contributed by atoms with van der Waals surface area (Å²) in [5.41, 5.74) is 2.17. The zero-order valence-corrected chi connectivity index (χ0v) is 13.5. The molecular formula is C16H10BrClN2O2. The number of hydrogen-bond donors (Lipinski definition) is 1. The normalized spacial score (nSPS) is 10.6. The lowest BCUT2D eigenvalue weighted by molar-refractivity contribution is 0.0687. The minimum Gasteiger partial charge on any atom is -0.477 e. The molecule has 3 rings (SSSR count). The molecule has 3 aromatic rings. The number of carboxylic acid groups (broad SMARTS) is 1. The number of benzene rings is 2. The Hall–Kier alpha value is -2.11. The molecule has 0 aliphatic carbocycles. The molecule has 0 amide bonds. The zero-order chi connectivity index (χ0) is 15.7. The second kappa shape index (κ2) is 5.94. The SMILES string of the molecule is O=C(O)c1cc(-c2ccc(Cl)cc2)nn1-c1ccc(Br)cc1. The number of aromatic nitrogens is 2. The lowest BCUT2D eigenvalue weighted by Gasteiger charge is -2.04. The van der Waals surface area contributed by atoms with E-state index in [-0.39, 0.29) is 5.69 Å². The monoisotopic (exact) mass is 376 g/mol. The van der Waals surface area contributed by atoms with E-state index in [1.54, 1.807) is 30.3 Å². The molecule has 1 aromatic heterocycles. The van der Waals surface area contributed by atoms with Crippen molar-refractivity contribution in [3.8, 4) is 16.9 Å². The molecule has 110 valence electrons. The molecule has 2 aromatic carbocycles. The van der Waals surface area contributed by atoms with Gasteiger partial charge in [-0.05, 0) is 42.5 Å². The van der Waals surface area contributed by atoms with Crippen LogP contribution in [0, 0.1) is 0 Å². The maximum Gasteiger partial charge on any atom is 0.354 e. The van der Waals surface area contributed by atoms with Crippen LogP contribution in [0.1, 0.15) is 10.5 Å². The van der Waals surface area contributed by atoms with Crippen molar-refractivity contribution in [3.63, 3.8) is 0 Å². The van der Waals surface area contributed by atoms with Crippen molar-refractivity contribution in [3.05, 3.63) is 69.8 Å². The average molecular weight is 378 g/mol. The van der Waals surface area contributed by atoms with E-state index in [0.717, 1.165) is 10.0 Å². The molecule has 0 atom stereocenters. The van der Waals surface area contributed by atoms with Crippen LogP contribution in [0.5, 0.6) is 0 Å². The molecule has 1 heterocycles. The predicted octanol–water partition coefficient (Wildman–Crippen LogP) is 4.65. The van der Waals surface area contributed by atoms with E-state index in [1.165, 1.54) is 4.68 Å². The molecule has 22 heavy (non-hydrogen) atoms. The third-order valence-electron chi connectivity index (χ3n) is 3.14. The first kappa shape index (κ1) is 14.8. The summed E-state index contributed by atoms with van der Waals surface area (Å²) in [6, 6.07) is 15.9. The van der Waals surface area contributed by atoms with Crippen LogP contribution in [-0.4, -0.2) is 20.9 Å². The van der Waals surface area contributed by atoms with Crippen molar-refractivity contribution in [1.82, 2.24) is 9.78 Å². The Labute approximate surface area is 140 Å². The Bertz CT molecular complexity index is 826. The van der Waals surface area contributed by atoms with E-state index in [9.17, 15) is 9.90 Å². The third kappa shape index (κ3) is 2.91. The summed E-state index contributed by atoms with van der Waals surface area (Å²) in [7, 11) is 0. The Morgan fingerprint density at radius 3 is 2.32 bits per heavy atom. The standard InChI is InChI=1S/C16H10BrClN2O2/c17-11-3-7-13(8-4-11)20-15(16(21)22)9-14(19-20)10-1-5-12(18)6-2-10/h1-9H,(H,21,22). The molecule has 0 radical (unpaired) electrons. The van der Waals surface area contributed by atoms with Crippen LogP contribution >= 0.6 is 27.5 Å². The van der Waals surface area contributed by atoms with E-state index in [0.29, 0.717) is 16.4 Å². The summed E-state index contributed by atoms with van der Waals surface area (Å²) in [6.45, 7) is 0. The van der Waals surface area contributed by atoms with Crippen molar-refractivity contribution in [2.75, 3.05) is 0 Å². The van der Waals surface area contributed by atoms with Crippen LogP contribution in [0.3, 0.4) is 0 Å². The van der Waals surface area contributed by atoms with Gasteiger partial charge < -0.3 is 5.11 Å². The highest BCUT2D eigenvalue weighted by Gasteiger charge is 2.16. The van der Waals surface area contributed by atoms with Crippen LogP contribution in [-0.2, 0) is 0 Å². The summed E-state index contributed by atoms with van der Waals surface area (Å²) in [5.74, 6) is -1.03. The van der Waals surface area contributed by atoms with Crippen molar-refractivity contribution in [2.45, 2.75) is 0 Å². The Morgan fingerprint density at radius 1 is 1.09 bits per heavy atom. The van der Waals surface area contributed by atoms with E-state index < -0.39 is 5.97 Å². The average Bonchev–Trinajstić information content (AvgIpc) is 2.94. The molecule has 0 aliphatic rings. The topological polar surface area (TPSA) is 55.1 Å². The quantitative estimate of drug-likeness (QED) is 0.722. The van der Waals surface area contributed by atoms with Gasteiger partial charge in [0, 0.05) is 15.1 Å². The van der Waals surface area contributed by atoms with Crippen molar-refractivity contribution in [2.24, 2.45) is 0 Å². The van der Waals surface area contributed by atoms with Gasteiger partial charge in [-0.3, -0.25) is 0 Å². The van der Waals surface area contributed by atoms with E-state index >= 15 is 0 Å². The smallest absolute Gasteiger partial charge is 0.354 e. The van der Waals surface area contributed by atoms with Crippen molar-refractivity contribution < 1.29 is 9.90 Å². The predicted molar refractivity (Wildman–Crippen MR) is 88.7 cm³/mol. The summed E-state index contributed by atoms with van der Waals surface area (Å²) < 4.78 is 2.33. The molecule has 0 spiro atoms. The zero-order valence-electron chi connectivity index (χ0n) is 11.2. The van der Waals surface area contributed by atoms with Gasteiger partial charge in [-0.15, -0.1) is 0 Å². The van der Waals surface area contributed by atoms with E-state index in [2.05, 4.69) is 21.0 Å². The Kier molecular flexibility index (Phi) is 4.00. The van der Waals surface area contributed by atoms with Crippen LogP contribution in [0.2, 0.25) is 5.02 Å². The number of rotatable bonds is 3. The highest BCUT2D eigenvalue weighted by Crippen LogP contribution is 2.24. The second-order valence-corrected chi connectivity index (χ2v) is 5.97. The van der Waals surface area contributed by atoms with Crippen molar-refractivity contribution in [1.29, 1.82) is 0 Å². The first-order valence-corrected chi connectivity index (χ1v) is 7.57. The Balaban J connectivity index is 2.11. The van der Waals surface area contributed by atoms with Crippen LogP contribution < -0.4 is 0 Å². The molecule has 1 N–H and O–H groups in total. The maximum atomic E-state index is 11.5. The van der Waals surface area contributed by atoms with Gasteiger partial charge in [-0.1, -0.05) is 39.7 Å². The highest BCUT2D eigenvalue weighted by molar-refractivity contribution is 9.10. The van der Waals surface area contributed by atoms with Crippen molar-refractivity contribution >= 4 is 33.5 Å². The molecule has 6 heteroatoms. The lowest BCUT2D eigenvalue weighted by Crippen LogP contribution is -2.07. The van der Waals surface area contributed by atoms with Gasteiger partial charge in [0.2, 0.25) is 0 Å². The molecule has 0 aliphatic heterocycles. The number of carbonyl (C=O) groups is 1. The number of carboxylic acids is 1. The summed E-state index contributed by atoms with van der Waals surface area (Å²) in [4.78, 5) is 11.5. The van der Waals surface area contributed by atoms with Gasteiger partial charge in [0.1, 0.15) is 0 Å². The lowest BCUT2D eigenvalue weighted by atomic mass is 10.1. The fraction of sp³-hybridized carbons (Fsp3) is 0. The van der Waals surface area contributed by atoms with Gasteiger partial charge in [0.05, 0.1) is 11.4 Å². The fourth-order valence-electron chi connectivity index (χ4n) is 2.07. The van der Waals surface area contributed by atoms with Crippen LogP contribution in [0.4, 0.5) is 0 Å². The maximum absolute atomic E-state index is 11.5. The van der Waals surface area contributed by atoms with Gasteiger partial charge in [0.15, 0.2) is 5.69 Å². The minimum atomic E-state index is -1.03. The number of nitrogens with zero attached hydrogens (tertiary/aromatic N) is 2. The molecule has 0 fully saturated rings. The summed E-state index contributed by atoms with van der Waals surface area (Å²) >= 11 is 9.23.